The Morgan fingerprint density at radius 2 is 0.840 bits per heavy atom. The van der Waals surface area contributed by atoms with E-state index in [1.165, 1.54) is 77.0 Å². The normalized spacial score (nSPS) is 16.1. The molecule has 0 aromatic heterocycles. The molecule has 0 amide bonds. The Balaban J connectivity index is 0. The van der Waals surface area contributed by atoms with Crippen LogP contribution in [0.1, 0.15) is 119 Å². The average Bonchev–Trinajstić information content (AvgIpc) is 2.92. The summed E-state index contributed by atoms with van der Waals surface area (Å²) in [4.78, 5) is 0. The third-order valence-corrected chi connectivity index (χ3v) is 33.1. The van der Waals surface area contributed by atoms with E-state index in [1.807, 2.05) is 20.8 Å². The predicted octanol–water partition coefficient (Wildman–Crippen LogP) is 12.2. The first kappa shape index (κ1) is 53.3. The zero-order valence-corrected chi connectivity index (χ0v) is 42.4. The first-order valence-corrected chi connectivity index (χ1v) is 38.8. The van der Waals surface area contributed by atoms with Gasteiger partial charge in [-0.15, -0.1) is 0 Å². The summed E-state index contributed by atoms with van der Waals surface area (Å²) in [6, 6.07) is 2.31. The Morgan fingerprint density at radius 1 is 0.420 bits per heavy atom. The van der Waals surface area contributed by atoms with Gasteiger partial charge in [0.15, 0.2) is 16.6 Å². The molecule has 0 aliphatic rings. The second kappa shape index (κ2) is 26.9. The van der Waals surface area contributed by atoms with E-state index in [2.05, 4.69) is 78.9 Å². The number of hydrogen-bond acceptors (Lipinski definition) is 8. The zero-order valence-electron chi connectivity index (χ0n) is 35.3. The Bertz CT molecular complexity index is 815. The molecule has 0 spiro atoms. The van der Waals surface area contributed by atoms with Crippen LogP contribution in [0.25, 0.3) is 0 Å². The van der Waals surface area contributed by atoms with E-state index in [0.717, 1.165) is 12.5 Å². The molecule has 0 heterocycles. The fourth-order valence-corrected chi connectivity index (χ4v) is 37.2. The standard InChI is InChI=1S/C34H84O8Si7.CH4/c1-16-20-21-22-23-24-25-26-27-28-29-30-31-32-47(14,39-43(5)38-44(6,7)8)42-48(15,41-46(12,13)40-45(9,10)11)33-34-49(35-17-2,36-18-3)37-19-4;/h43H,16-34H2,1-15H3;1H4. The highest BCUT2D eigenvalue weighted by Crippen LogP contribution is 2.34. The number of unbranched alkanes of at least 4 members (excludes halogenated alkanes) is 12. The lowest BCUT2D eigenvalue weighted by molar-refractivity contribution is 0.0718. The average molecular weight is 834 g/mol. The lowest BCUT2D eigenvalue weighted by atomic mass is 10.1. The van der Waals surface area contributed by atoms with E-state index in [4.69, 9.17) is 33.9 Å². The van der Waals surface area contributed by atoms with Crippen molar-refractivity contribution in [1.29, 1.82) is 0 Å². The van der Waals surface area contributed by atoms with Gasteiger partial charge in [-0.25, -0.2) is 0 Å². The molecule has 15 heteroatoms. The minimum atomic E-state index is -2.91. The molecule has 0 saturated carbocycles. The van der Waals surface area contributed by atoms with Crippen molar-refractivity contribution >= 4 is 60.4 Å². The molecule has 0 rings (SSSR count). The first-order valence-electron chi connectivity index (χ1n) is 20.0. The molecule has 0 fully saturated rings. The molecular formula is C35H88O8Si7. The van der Waals surface area contributed by atoms with Gasteiger partial charge < -0.3 is 33.9 Å². The van der Waals surface area contributed by atoms with Gasteiger partial charge in [0.2, 0.25) is 0 Å². The van der Waals surface area contributed by atoms with Gasteiger partial charge in [0, 0.05) is 25.9 Å². The van der Waals surface area contributed by atoms with Crippen molar-refractivity contribution in [3.63, 3.8) is 0 Å². The summed E-state index contributed by atoms with van der Waals surface area (Å²) in [6.07, 6.45) is 17.4. The monoisotopic (exact) mass is 832 g/mol. The Hall–Kier alpha value is 1.20. The van der Waals surface area contributed by atoms with Crippen LogP contribution >= 0.6 is 0 Å². The molecule has 0 radical (unpaired) electrons. The maximum atomic E-state index is 7.43. The molecule has 304 valence electrons. The van der Waals surface area contributed by atoms with Gasteiger partial charge in [-0.2, -0.15) is 0 Å². The molecule has 50 heavy (non-hydrogen) atoms. The van der Waals surface area contributed by atoms with Crippen LogP contribution in [0.5, 0.6) is 0 Å². The highest BCUT2D eigenvalue weighted by atomic mass is 28.5. The largest absolute Gasteiger partial charge is 0.500 e. The number of hydrogen-bond donors (Lipinski definition) is 0. The van der Waals surface area contributed by atoms with Crippen molar-refractivity contribution in [3.05, 3.63) is 0 Å². The predicted molar refractivity (Wildman–Crippen MR) is 233 cm³/mol. The lowest BCUT2D eigenvalue weighted by Crippen LogP contribution is -2.60. The van der Waals surface area contributed by atoms with Gasteiger partial charge in [0.25, 0.3) is 9.28 Å². The third kappa shape index (κ3) is 27.7. The Labute approximate surface area is 321 Å². The molecule has 0 aliphatic heterocycles. The van der Waals surface area contributed by atoms with E-state index in [1.54, 1.807) is 0 Å². The molecule has 8 nitrogen and oxygen atoms in total. The molecule has 3 unspecified atom stereocenters. The molecule has 0 aliphatic carbocycles. The van der Waals surface area contributed by atoms with Crippen molar-refractivity contribution in [3.8, 4) is 0 Å². The Morgan fingerprint density at radius 3 is 1.22 bits per heavy atom. The van der Waals surface area contributed by atoms with E-state index in [9.17, 15) is 0 Å². The number of rotatable bonds is 33. The van der Waals surface area contributed by atoms with Crippen LogP contribution in [0.2, 0.25) is 90.1 Å². The van der Waals surface area contributed by atoms with E-state index < -0.39 is 60.4 Å². The zero-order chi connectivity index (χ0) is 37.7. The van der Waals surface area contributed by atoms with Gasteiger partial charge in [0.05, 0.1) is 0 Å². The van der Waals surface area contributed by atoms with E-state index in [0.29, 0.717) is 31.9 Å². The van der Waals surface area contributed by atoms with E-state index >= 15 is 0 Å². The quantitative estimate of drug-likeness (QED) is 0.0478. The Kier molecular flexibility index (Phi) is 28.7. The van der Waals surface area contributed by atoms with Crippen LogP contribution < -0.4 is 0 Å². The summed E-state index contributed by atoms with van der Waals surface area (Å²) in [7, 11) is -16.5. The summed E-state index contributed by atoms with van der Waals surface area (Å²) in [5.74, 6) is 0. The summed E-state index contributed by atoms with van der Waals surface area (Å²) < 4.78 is 53.8. The molecular weight excluding hydrogens is 745 g/mol. The highest BCUT2D eigenvalue weighted by molar-refractivity contribution is 6.90. The third-order valence-electron chi connectivity index (χ3n) is 8.09. The topological polar surface area (TPSA) is 73.8 Å². The van der Waals surface area contributed by atoms with Gasteiger partial charge in [-0.1, -0.05) is 97.8 Å². The van der Waals surface area contributed by atoms with E-state index in [-0.39, 0.29) is 7.43 Å². The fourth-order valence-electron chi connectivity index (χ4n) is 6.71. The highest BCUT2D eigenvalue weighted by Gasteiger charge is 2.51. The summed E-state index contributed by atoms with van der Waals surface area (Å²) >= 11 is 0. The first-order chi connectivity index (χ1) is 22.7. The van der Waals surface area contributed by atoms with Crippen LogP contribution in [0, 0.1) is 0 Å². The summed E-state index contributed by atoms with van der Waals surface area (Å²) in [5.41, 5.74) is 0. The van der Waals surface area contributed by atoms with Crippen LogP contribution in [-0.2, 0) is 33.9 Å². The lowest BCUT2D eigenvalue weighted by Gasteiger charge is -2.44. The second-order valence-corrected chi connectivity index (χ2v) is 41.5. The molecule has 0 N–H and O–H groups in total. The molecule has 0 aromatic carbocycles. The van der Waals surface area contributed by atoms with Crippen LogP contribution in [0.15, 0.2) is 0 Å². The molecule has 0 saturated heterocycles. The maximum absolute atomic E-state index is 7.43. The summed E-state index contributed by atoms with van der Waals surface area (Å²) in [6.45, 7) is 34.5. The summed E-state index contributed by atoms with van der Waals surface area (Å²) in [5, 5.41) is 0. The fraction of sp³-hybridized carbons (Fsp3) is 1.00. The van der Waals surface area contributed by atoms with Crippen molar-refractivity contribution in [1.82, 2.24) is 0 Å². The molecule has 0 bridgehead atoms. The van der Waals surface area contributed by atoms with Crippen molar-refractivity contribution < 1.29 is 33.9 Å². The van der Waals surface area contributed by atoms with Crippen molar-refractivity contribution in [2.75, 3.05) is 19.8 Å². The minimum absolute atomic E-state index is 0. The van der Waals surface area contributed by atoms with Gasteiger partial charge in [-0.3, -0.25) is 0 Å². The SMILES string of the molecule is C.CCCCCCCCCCCCCCC[Si](C)(O[SiH](C)O[Si](C)(C)C)O[Si](C)(CC[Si](OCC)(OCC)OCC)O[Si](C)(C)O[Si](C)(C)C. The van der Waals surface area contributed by atoms with Crippen LogP contribution in [0.3, 0.4) is 0 Å². The molecule has 3 atom stereocenters. The smallest absolute Gasteiger partial charge is 0.439 e. The van der Waals surface area contributed by atoms with Crippen molar-refractivity contribution in [2.45, 2.75) is 209 Å². The van der Waals surface area contributed by atoms with Gasteiger partial charge in [-0.05, 0) is 105 Å². The van der Waals surface area contributed by atoms with Gasteiger partial charge >= 0.3 is 34.5 Å². The van der Waals surface area contributed by atoms with Crippen LogP contribution in [-0.4, -0.2) is 80.2 Å². The van der Waals surface area contributed by atoms with Crippen LogP contribution in [0.4, 0.5) is 0 Å². The van der Waals surface area contributed by atoms with Gasteiger partial charge in [0.1, 0.15) is 0 Å². The minimum Gasteiger partial charge on any atom is -0.439 e. The second-order valence-electron chi connectivity index (χ2n) is 16.5. The molecule has 0 aromatic rings. The maximum Gasteiger partial charge on any atom is 0.500 e. The van der Waals surface area contributed by atoms with Crippen molar-refractivity contribution in [2.24, 2.45) is 0 Å².